The van der Waals surface area contributed by atoms with Gasteiger partial charge in [0.15, 0.2) is 6.10 Å². The highest BCUT2D eigenvalue weighted by molar-refractivity contribution is 5.82. The molecule has 4 heteroatoms. The molecule has 4 nitrogen and oxygen atoms in total. The highest BCUT2D eigenvalue weighted by Crippen LogP contribution is 2.27. The van der Waals surface area contributed by atoms with Gasteiger partial charge >= 0.3 is 0 Å². The molecule has 1 amide bonds. The summed E-state index contributed by atoms with van der Waals surface area (Å²) in [5.74, 6) is -0.126. The van der Waals surface area contributed by atoms with Gasteiger partial charge in [-0.05, 0) is 23.1 Å². The molecule has 114 valence electrons. The minimum atomic E-state index is -0.534. The molecule has 0 spiro atoms. The molecule has 22 heavy (non-hydrogen) atoms. The quantitative estimate of drug-likeness (QED) is 0.908. The summed E-state index contributed by atoms with van der Waals surface area (Å²) >= 11 is 0. The fourth-order valence-corrected chi connectivity index (χ4v) is 2.73. The summed E-state index contributed by atoms with van der Waals surface area (Å²) in [7, 11) is 0. The fourth-order valence-electron chi connectivity index (χ4n) is 2.73. The van der Waals surface area contributed by atoms with E-state index >= 15 is 0 Å². The molecule has 1 aliphatic rings. The van der Waals surface area contributed by atoms with Crippen molar-refractivity contribution in [3.8, 4) is 0 Å². The molecular formula is C18H20N2O2. The number of nitrogens with two attached hydrogens (primary N) is 1. The van der Waals surface area contributed by atoms with Crippen molar-refractivity contribution in [3.63, 3.8) is 0 Å². The molecule has 3 rings (SSSR count). The van der Waals surface area contributed by atoms with Gasteiger partial charge in [-0.25, -0.2) is 0 Å². The van der Waals surface area contributed by atoms with Gasteiger partial charge in [0.05, 0.1) is 6.61 Å². The normalized spacial score (nSPS) is 18.3. The van der Waals surface area contributed by atoms with Crippen LogP contribution in [0.1, 0.15) is 28.8 Å². The number of carbonyl (C=O) groups excluding carboxylic acids is 1. The lowest BCUT2D eigenvalue weighted by molar-refractivity contribution is -0.134. The minimum absolute atomic E-state index is 0.126. The Bertz CT molecular complexity index is 643. The van der Waals surface area contributed by atoms with Crippen molar-refractivity contribution in [3.05, 3.63) is 71.3 Å². The third-order valence-electron chi connectivity index (χ3n) is 3.96. The molecule has 0 bridgehead atoms. The molecule has 2 aromatic rings. The van der Waals surface area contributed by atoms with E-state index < -0.39 is 6.10 Å². The third-order valence-corrected chi connectivity index (χ3v) is 3.96. The monoisotopic (exact) mass is 296 g/mol. The smallest absolute Gasteiger partial charge is 0.253 e. The Balaban J connectivity index is 1.64. The molecule has 1 aliphatic heterocycles. The molecule has 3 N–H and O–H groups in total. The first-order valence-electron chi connectivity index (χ1n) is 7.53. The summed E-state index contributed by atoms with van der Waals surface area (Å²) < 4.78 is 5.65. The predicted molar refractivity (Wildman–Crippen MR) is 85.2 cm³/mol. The van der Waals surface area contributed by atoms with E-state index in [4.69, 9.17) is 10.5 Å². The minimum Gasteiger partial charge on any atom is -0.363 e. The van der Waals surface area contributed by atoms with Crippen LogP contribution in [-0.4, -0.2) is 19.1 Å². The Morgan fingerprint density at radius 3 is 2.73 bits per heavy atom. The second kappa shape index (κ2) is 6.73. The first kappa shape index (κ1) is 14.8. The van der Waals surface area contributed by atoms with Crippen LogP contribution in [0, 0.1) is 0 Å². The summed E-state index contributed by atoms with van der Waals surface area (Å²) in [5, 5.41) is 2.90. The van der Waals surface area contributed by atoms with Crippen LogP contribution >= 0.6 is 0 Å². The first-order valence-corrected chi connectivity index (χ1v) is 7.53. The number of ether oxygens (including phenoxy) is 1. The van der Waals surface area contributed by atoms with E-state index in [1.54, 1.807) is 0 Å². The number of amides is 1. The van der Waals surface area contributed by atoms with Gasteiger partial charge in [0.25, 0.3) is 5.91 Å². The lowest BCUT2D eigenvalue weighted by Crippen LogP contribution is -2.37. The van der Waals surface area contributed by atoms with Crippen LogP contribution < -0.4 is 11.1 Å². The molecule has 0 saturated heterocycles. The zero-order valence-corrected chi connectivity index (χ0v) is 12.4. The van der Waals surface area contributed by atoms with Crippen molar-refractivity contribution in [2.24, 2.45) is 5.73 Å². The number of nitrogens with one attached hydrogen (secondary N) is 1. The molecule has 0 unspecified atom stereocenters. The predicted octanol–water partition coefficient (Wildman–Crippen LogP) is 2.12. The van der Waals surface area contributed by atoms with Gasteiger partial charge in [-0.3, -0.25) is 4.79 Å². The Labute approximate surface area is 130 Å². The third kappa shape index (κ3) is 3.18. The average Bonchev–Trinajstić information content (AvgIpc) is 2.59. The maximum atomic E-state index is 12.4. The van der Waals surface area contributed by atoms with Gasteiger partial charge in [0.1, 0.15) is 0 Å². The summed E-state index contributed by atoms with van der Waals surface area (Å²) in [4.78, 5) is 12.4. The first-order chi connectivity index (χ1) is 10.8. The van der Waals surface area contributed by atoms with Crippen LogP contribution in [-0.2, 0) is 16.0 Å². The van der Waals surface area contributed by atoms with Crippen LogP contribution in [0.3, 0.4) is 0 Å². The van der Waals surface area contributed by atoms with E-state index in [-0.39, 0.29) is 11.9 Å². The summed E-state index contributed by atoms with van der Waals surface area (Å²) in [5.41, 5.74) is 9.26. The van der Waals surface area contributed by atoms with Gasteiger partial charge in [-0.2, -0.15) is 0 Å². The molecule has 0 fully saturated rings. The highest BCUT2D eigenvalue weighted by Gasteiger charge is 2.27. The van der Waals surface area contributed by atoms with Gasteiger partial charge in [-0.1, -0.05) is 54.6 Å². The Morgan fingerprint density at radius 1 is 1.18 bits per heavy atom. The zero-order chi connectivity index (χ0) is 15.4. The molecule has 2 atom stereocenters. The summed E-state index contributed by atoms with van der Waals surface area (Å²) in [6, 6.07) is 17.5. The Morgan fingerprint density at radius 2 is 1.91 bits per heavy atom. The maximum Gasteiger partial charge on any atom is 0.253 e. The second-order valence-corrected chi connectivity index (χ2v) is 5.46. The maximum absolute atomic E-state index is 12.4. The van der Waals surface area contributed by atoms with Gasteiger partial charge in [0, 0.05) is 12.6 Å². The van der Waals surface area contributed by atoms with E-state index in [0.29, 0.717) is 13.2 Å². The second-order valence-electron chi connectivity index (χ2n) is 5.46. The fraction of sp³-hybridized carbons (Fsp3) is 0.278. The standard InChI is InChI=1S/C18H20N2O2/c19-16(14-7-2-1-3-8-14)12-20-18(21)17-15-9-5-4-6-13(15)10-11-22-17/h1-9,16-17H,10-12,19H2,(H,20,21)/t16-,17+/m1/s1. The van der Waals surface area contributed by atoms with Crippen LogP contribution in [0.4, 0.5) is 0 Å². The van der Waals surface area contributed by atoms with Crippen LogP contribution in [0.25, 0.3) is 0 Å². The van der Waals surface area contributed by atoms with E-state index in [9.17, 15) is 4.79 Å². The number of hydrogen-bond donors (Lipinski definition) is 2. The number of benzene rings is 2. The highest BCUT2D eigenvalue weighted by atomic mass is 16.5. The molecule has 2 aromatic carbocycles. The van der Waals surface area contributed by atoms with E-state index in [2.05, 4.69) is 5.32 Å². The van der Waals surface area contributed by atoms with Crippen molar-refractivity contribution in [2.75, 3.05) is 13.2 Å². The van der Waals surface area contributed by atoms with Crippen molar-refractivity contribution < 1.29 is 9.53 Å². The van der Waals surface area contributed by atoms with Gasteiger partial charge in [-0.15, -0.1) is 0 Å². The summed E-state index contributed by atoms with van der Waals surface area (Å²) in [6.45, 7) is 0.963. The average molecular weight is 296 g/mol. The Kier molecular flexibility index (Phi) is 4.51. The van der Waals surface area contributed by atoms with E-state index in [0.717, 1.165) is 17.5 Å². The van der Waals surface area contributed by atoms with Gasteiger partial charge < -0.3 is 15.8 Å². The molecule has 0 saturated carbocycles. The number of hydrogen-bond acceptors (Lipinski definition) is 3. The number of rotatable bonds is 4. The van der Waals surface area contributed by atoms with Crippen molar-refractivity contribution in [2.45, 2.75) is 18.6 Å². The zero-order valence-electron chi connectivity index (χ0n) is 12.4. The van der Waals surface area contributed by atoms with Crippen LogP contribution in [0.15, 0.2) is 54.6 Å². The SMILES string of the molecule is N[C@H](CNC(=O)[C@H]1OCCc2ccccc21)c1ccccc1. The van der Waals surface area contributed by atoms with E-state index in [1.165, 1.54) is 5.56 Å². The number of carbonyl (C=O) groups is 1. The van der Waals surface area contributed by atoms with Crippen molar-refractivity contribution in [1.29, 1.82) is 0 Å². The largest absolute Gasteiger partial charge is 0.363 e. The van der Waals surface area contributed by atoms with Crippen LogP contribution in [0.5, 0.6) is 0 Å². The lowest BCUT2D eigenvalue weighted by atomic mass is 9.97. The summed E-state index contributed by atoms with van der Waals surface area (Å²) in [6.07, 6.45) is 0.316. The number of fused-ring (bicyclic) bond motifs is 1. The molecule has 0 aromatic heterocycles. The molecule has 0 radical (unpaired) electrons. The molecule has 0 aliphatic carbocycles. The Hall–Kier alpha value is -2.17. The van der Waals surface area contributed by atoms with Crippen LogP contribution in [0.2, 0.25) is 0 Å². The van der Waals surface area contributed by atoms with E-state index in [1.807, 2.05) is 54.6 Å². The van der Waals surface area contributed by atoms with Gasteiger partial charge in [0.2, 0.25) is 0 Å². The lowest BCUT2D eigenvalue weighted by Gasteiger charge is -2.25. The van der Waals surface area contributed by atoms with Crippen molar-refractivity contribution in [1.82, 2.24) is 5.32 Å². The molecular weight excluding hydrogens is 276 g/mol. The molecule has 1 heterocycles. The topological polar surface area (TPSA) is 64.3 Å². The van der Waals surface area contributed by atoms with Crippen molar-refractivity contribution >= 4 is 5.91 Å².